The zero-order valence-corrected chi connectivity index (χ0v) is 18.5. The molecule has 1 atom stereocenters. The van der Waals surface area contributed by atoms with Gasteiger partial charge in [0.1, 0.15) is 5.60 Å². The molecule has 31 heavy (non-hydrogen) atoms. The van der Waals surface area contributed by atoms with Crippen molar-refractivity contribution in [3.8, 4) is 11.3 Å². The minimum atomic E-state index is -0.488. The predicted octanol–water partition coefficient (Wildman–Crippen LogP) is 5.18. The third-order valence-corrected chi connectivity index (χ3v) is 5.42. The molecule has 0 bridgehead atoms. The fourth-order valence-electron chi connectivity index (χ4n) is 3.93. The highest BCUT2D eigenvalue weighted by atomic mass is 16.6. The Morgan fingerprint density at radius 1 is 1.06 bits per heavy atom. The molecular weight excluding hydrogens is 388 g/mol. The third kappa shape index (κ3) is 5.51. The molecule has 1 aliphatic rings. The Morgan fingerprint density at radius 3 is 2.68 bits per heavy atom. The molecule has 0 aliphatic carbocycles. The number of nitrogens with one attached hydrogen (secondary N) is 1. The van der Waals surface area contributed by atoms with Crippen molar-refractivity contribution >= 4 is 22.8 Å². The fourth-order valence-corrected chi connectivity index (χ4v) is 3.93. The summed E-state index contributed by atoms with van der Waals surface area (Å²) in [6.07, 6.45) is 4.20. The molecule has 6 heteroatoms. The molecule has 0 saturated carbocycles. The zero-order valence-electron chi connectivity index (χ0n) is 18.5. The van der Waals surface area contributed by atoms with Crippen LogP contribution in [-0.4, -0.2) is 40.8 Å². The van der Waals surface area contributed by atoms with Gasteiger partial charge in [0.2, 0.25) is 5.95 Å². The summed E-state index contributed by atoms with van der Waals surface area (Å²) < 4.78 is 5.40. The lowest BCUT2D eigenvalue weighted by Gasteiger charge is -2.23. The number of rotatable bonds is 3. The van der Waals surface area contributed by atoms with Crippen molar-refractivity contribution in [3.05, 3.63) is 54.7 Å². The largest absolute Gasteiger partial charge is 0.444 e. The Balaban J connectivity index is 1.44. The van der Waals surface area contributed by atoms with E-state index in [1.54, 1.807) is 0 Å². The number of alkyl carbamates (subject to hydrolysis) is 1. The van der Waals surface area contributed by atoms with Crippen LogP contribution in [0.2, 0.25) is 0 Å². The Bertz CT molecular complexity index is 1060. The molecule has 2 aromatic carbocycles. The molecular formula is C25H30N4O2. The van der Waals surface area contributed by atoms with Gasteiger partial charge >= 0.3 is 6.09 Å². The first kappa shape index (κ1) is 21.1. The van der Waals surface area contributed by atoms with E-state index in [4.69, 9.17) is 9.72 Å². The van der Waals surface area contributed by atoms with Crippen LogP contribution in [0.3, 0.4) is 0 Å². The van der Waals surface area contributed by atoms with Gasteiger partial charge in [-0.2, -0.15) is 0 Å². The lowest BCUT2D eigenvalue weighted by atomic mass is 10.1. The van der Waals surface area contributed by atoms with E-state index in [0.717, 1.165) is 49.6 Å². The van der Waals surface area contributed by atoms with Crippen LogP contribution in [-0.2, 0) is 4.74 Å². The molecule has 1 aliphatic heterocycles. The summed E-state index contributed by atoms with van der Waals surface area (Å²) in [5.41, 5.74) is 1.52. The van der Waals surface area contributed by atoms with E-state index in [0.29, 0.717) is 0 Å². The molecule has 0 spiro atoms. The summed E-state index contributed by atoms with van der Waals surface area (Å²) in [6, 6.07) is 16.8. The van der Waals surface area contributed by atoms with Gasteiger partial charge in [0.05, 0.1) is 5.69 Å². The molecule has 1 N–H and O–H groups in total. The molecule has 1 amide bonds. The normalized spacial score (nSPS) is 17.3. The Hall–Kier alpha value is -3.15. The molecule has 1 fully saturated rings. The van der Waals surface area contributed by atoms with Gasteiger partial charge in [-0.3, -0.25) is 0 Å². The molecule has 3 aromatic rings. The molecule has 4 rings (SSSR count). The van der Waals surface area contributed by atoms with Gasteiger partial charge in [0, 0.05) is 30.9 Å². The van der Waals surface area contributed by atoms with E-state index in [1.807, 2.05) is 33.0 Å². The summed E-state index contributed by atoms with van der Waals surface area (Å²) >= 11 is 0. The average molecular weight is 419 g/mol. The van der Waals surface area contributed by atoms with Crippen molar-refractivity contribution in [2.24, 2.45) is 0 Å². The standard InChI is InChI=1S/C25H30N4O2/c1-25(2,3)31-24(30)27-21-9-6-15-29(16-13-21)23-26-14-12-22(28-23)20-11-10-18-7-4-5-8-19(18)17-20/h4-5,7-8,10-12,14,17,21H,6,9,13,15-16H2,1-3H3,(H,27,30). The number of carbonyl (C=O) groups excluding carboxylic acids is 1. The fraction of sp³-hybridized carbons (Fsp3) is 0.400. The van der Waals surface area contributed by atoms with Gasteiger partial charge in [-0.05, 0) is 62.9 Å². The first-order chi connectivity index (χ1) is 14.9. The van der Waals surface area contributed by atoms with Crippen LogP contribution in [0.15, 0.2) is 54.7 Å². The summed E-state index contributed by atoms with van der Waals surface area (Å²) in [4.78, 5) is 23.7. The van der Waals surface area contributed by atoms with E-state index >= 15 is 0 Å². The van der Waals surface area contributed by atoms with Crippen molar-refractivity contribution < 1.29 is 9.53 Å². The first-order valence-corrected chi connectivity index (χ1v) is 10.9. The highest BCUT2D eigenvalue weighted by Crippen LogP contribution is 2.25. The number of fused-ring (bicyclic) bond motifs is 1. The molecule has 0 radical (unpaired) electrons. The summed E-state index contributed by atoms with van der Waals surface area (Å²) in [7, 11) is 0. The monoisotopic (exact) mass is 418 g/mol. The van der Waals surface area contributed by atoms with Gasteiger partial charge in [-0.15, -0.1) is 0 Å². The lowest BCUT2D eigenvalue weighted by Crippen LogP contribution is -2.39. The molecule has 1 aromatic heterocycles. The highest BCUT2D eigenvalue weighted by Gasteiger charge is 2.23. The second-order valence-corrected chi connectivity index (χ2v) is 9.06. The Morgan fingerprint density at radius 2 is 1.87 bits per heavy atom. The summed E-state index contributed by atoms with van der Waals surface area (Å²) in [6.45, 7) is 7.29. The van der Waals surface area contributed by atoms with Crippen molar-refractivity contribution in [1.29, 1.82) is 0 Å². The van der Waals surface area contributed by atoms with Crippen LogP contribution in [0, 0.1) is 0 Å². The van der Waals surface area contributed by atoms with Crippen LogP contribution in [0.25, 0.3) is 22.0 Å². The van der Waals surface area contributed by atoms with Crippen LogP contribution in [0.1, 0.15) is 40.0 Å². The van der Waals surface area contributed by atoms with Crippen molar-refractivity contribution in [2.75, 3.05) is 18.0 Å². The van der Waals surface area contributed by atoms with E-state index in [-0.39, 0.29) is 12.1 Å². The maximum atomic E-state index is 12.1. The van der Waals surface area contributed by atoms with Crippen LogP contribution < -0.4 is 10.2 Å². The zero-order chi connectivity index (χ0) is 21.8. The van der Waals surface area contributed by atoms with Crippen molar-refractivity contribution in [3.63, 3.8) is 0 Å². The second kappa shape index (κ2) is 8.92. The smallest absolute Gasteiger partial charge is 0.407 e. The number of amides is 1. The van der Waals surface area contributed by atoms with E-state index in [1.165, 1.54) is 10.8 Å². The number of hydrogen-bond donors (Lipinski definition) is 1. The van der Waals surface area contributed by atoms with Crippen LogP contribution in [0.4, 0.5) is 10.7 Å². The van der Waals surface area contributed by atoms with Gasteiger partial charge in [0.15, 0.2) is 0 Å². The summed E-state index contributed by atoms with van der Waals surface area (Å²) in [5, 5.41) is 5.43. The third-order valence-electron chi connectivity index (χ3n) is 5.42. The molecule has 1 saturated heterocycles. The molecule has 1 unspecified atom stereocenters. The average Bonchev–Trinajstić information content (AvgIpc) is 2.97. The van der Waals surface area contributed by atoms with E-state index < -0.39 is 5.60 Å². The number of benzene rings is 2. The lowest BCUT2D eigenvalue weighted by molar-refractivity contribution is 0.0501. The predicted molar refractivity (Wildman–Crippen MR) is 124 cm³/mol. The number of anilines is 1. The highest BCUT2D eigenvalue weighted by molar-refractivity contribution is 5.86. The topological polar surface area (TPSA) is 67.3 Å². The number of nitrogens with zero attached hydrogens (tertiary/aromatic N) is 3. The number of carbonyl (C=O) groups is 1. The quantitative estimate of drug-likeness (QED) is 0.635. The first-order valence-electron chi connectivity index (χ1n) is 10.9. The van der Waals surface area contributed by atoms with E-state index in [2.05, 4.69) is 57.7 Å². The number of aromatic nitrogens is 2. The van der Waals surface area contributed by atoms with Crippen molar-refractivity contribution in [2.45, 2.75) is 51.7 Å². The maximum Gasteiger partial charge on any atom is 0.407 e. The minimum absolute atomic E-state index is 0.100. The van der Waals surface area contributed by atoms with E-state index in [9.17, 15) is 4.79 Å². The molecule has 2 heterocycles. The number of ether oxygens (including phenoxy) is 1. The molecule has 6 nitrogen and oxygen atoms in total. The van der Waals surface area contributed by atoms with Crippen molar-refractivity contribution in [1.82, 2.24) is 15.3 Å². The Kier molecular flexibility index (Phi) is 6.07. The van der Waals surface area contributed by atoms with Crippen LogP contribution >= 0.6 is 0 Å². The van der Waals surface area contributed by atoms with Gasteiger partial charge in [0.25, 0.3) is 0 Å². The van der Waals surface area contributed by atoms with Crippen LogP contribution in [0.5, 0.6) is 0 Å². The number of hydrogen-bond acceptors (Lipinski definition) is 5. The van der Waals surface area contributed by atoms with Gasteiger partial charge < -0.3 is 15.0 Å². The second-order valence-electron chi connectivity index (χ2n) is 9.06. The van der Waals surface area contributed by atoms with Gasteiger partial charge in [-0.25, -0.2) is 14.8 Å². The molecule has 162 valence electrons. The Labute approximate surface area is 183 Å². The SMILES string of the molecule is CC(C)(C)OC(=O)NC1CCCN(c2nccc(-c3ccc4ccccc4c3)n2)CC1. The summed E-state index contributed by atoms with van der Waals surface area (Å²) in [5.74, 6) is 0.739. The maximum absolute atomic E-state index is 12.1. The minimum Gasteiger partial charge on any atom is -0.444 e. The van der Waals surface area contributed by atoms with Gasteiger partial charge in [-0.1, -0.05) is 36.4 Å².